The van der Waals surface area contributed by atoms with Gasteiger partial charge in [-0.05, 0) is 59.4 Å². The molecule has 3 aromatic rings. The number of carbonyl (C=O) groups excluding carboxylic acids is 1. The second-order valence-electron chi connectivity index (χ2n) is 10.2. The first-order valence-corrected chi connectivity index (χ1v) is 12.4. The Morgan fingerprint density at radius 3 is 2.49 bits per heavy atom. The molecule has 2 atom stereocenters. The van der Waals surface area contributed by atoms with Crippen molar-refractivity contribution in [3.8, 4) is 0 Å². The Bertz CT molecular complexity index is 1180. The van der Waals surface area contributed by atoms with Crippen LogP contribution in [0.3, 0.4) is 0 Å². The van der Waals surface area contributed by atoms with Crippen LogP contribution in [0, 0.1) is 17.7 Å². The first-order valence-electron chi connectivity index (χ1n) is 12.4. The molecule has 37 heavy (non-hydrogen) atoms. The largest absolute Gasteiger partial charge is 0.416 e. The van der Waals surface area contributed by atoms with Crippen molar-refractivity contribution >= 4 is 5.91 Å². The quantitative estimate of drug-likeness (QED) is 0.334. The van der Waals surface area contributed by atoms with Crippen LogP contribution >= 0.6 is 0 Å². The summed E-state index contributed by atoms with van der Waals surface area (Å²) in [5.41, 5.74) is 1.36. The normalized spacial score (nSPS) is 18.4. The van der Waals surface area contributed by atoms with Crippen molar-refractivity contribution in [2.45, 2.75) is 32.5 Å². The maximum atomic E-state index is 13.5. The van der Waals surface area contributed by atoms with Gasteiger partial charge in [0.2, 0.25) is 0 Å². The molecule has 0 radical (unpaired) electrons. The molecule has 1 fully saturated rings. The molecular weight excluding hydrogens is 482 g/mol. The molecule has 0 aliphatic carbocycles. The zero-order chi connectivity index (χ0) is 26.6. The van der Waals surface area contributed by atoms with Gasteiger partial charge in [-0.25, -0.2) is 4.39 Å². The molecule has 1 amide bonds. The van der Waals surface area contributed by atoms with Crippen LogP contribution < -0.4 is 0 Å². The highest BCUT2D eigenvalue weighted by atomic mass is 19.4. The van der Waals surface area contributed by atoms with Gasteiger partial charge in [-0.1, -0.05) is 38.1 Å². The lowest BCUT2D eigenvalue weighted by Crippen LogP contribution is -2.39. The monoisotopic (exact) mass is 513 g/mol. The van der Waals surface area contributed by atoms with Gasteiger partial charge >= 0.3 is 6.18 Å². The van der Waals surface area contributed by atoms with Gasteiger partial charge in [0.15, 0.2) is 0 Å². The molecule has 0 saturated carbocycles. The lowest BCUT2D eigenvalue weighted by Gasteiger charge is -2.30. The molecule has 4 nitrogen and oxygen atoms in total. The molecule has 1 aromatic heterocycles. The topological polar surface area (TPSA) is 36.4 Å². The Hall–Kier alpha value is -3.26. The molecule has 1 saturated heterocycles. The van der Waals surface area contributed by atoms with E-state index >= 15 is 0 Å². The molecule has 8 heteroatoms. The summed E-state index contributed by atoms with van der Waals surface area (Å²) in [5, 5.41) is 0. The van der Waals surface area contributed by atoms with Crippen molar-refractivity contribution in [2.75, 3.05) is 26.2 Å². The number of hydrogen-bond acceptors (Lipinski definition) is 3. The van der Waals surface area contributed by atoms with E-state index < -0.39 is 17.6 Å². The van der Waals surface area contributed by atoms with E-state index in [1.165, 1.54) is 36.4 Å². The van der Waals surface area contributed by atoms with E-state index in [-0.39, 0.29) is 23.7 Å². The molecule has 4 rings (SSSR count). The summed E-state index contributed by atoms with van der Waals surface area (Å²) in [4.78, 5) is 21.6. The minimum absolute atomic E-state index is 0.0803. The van der Waals surface area contributed by atoms with Crippen LogP contribution in [0.2, 0.25) is 0 Å². The number of pyridine rings is 1. The molecule has 1 aliphatic heterocycles. The van der Waals surface area contributed by atoms with Crippen LogP contribution in [0.1, 0.15) is 46.8 Å². The van der Waals surface area contributed by atoms with E-state index in [1.54, 1.807) is 23.4 Å². The van der Waals surface area contributed by atoms with Crippen molar-refractivity contribution in [1.29, 1.82) is 0 Å². The van der Waals surface area contributed by atoms with Gasteiger partial charge in [-0.3, -0.25) is 14.7 Å². The van der Waals surface area contributed by atoms with Gasteiger partial charge < -0.3 is 4.90 Å². The third-order valence-electron chi connectivity index (χ3n) is 6.71. The van der Waals surface area contributed by atoms with Gasteiger partial charge in [0.25, 0.3) is 5.91 Å². The molecule has 0 bridgehead atoms. The maximum absolute atomic E-state index is 13.5. The van der Waals surface area contributed by atoms with E-state index in [0.717, 1.165) is 11.6 Å². The maximum Gasteiger partial charge on any atom is 0.416 e. The van der Waals surface area contributed by atoms with Gasteiger partial charge in [0.05, 0.1) is 5.56 Å². The van der Waals surface area contributed by atoms with Gasteiger partial charge in [-0.2, -0.15) is 13.2 Å². The lowest BCUT2D eigenvalue weighted by atomic mass is 9.87. The number of rotatable bonds is 8. The van der Waals surface area contributed by atoms with E-state index in [4.69, 9.17) is 0 Å². The van der Waals surface area contributed by atoms with Crippen LogP contribution in [0.4, 0.5) is 17.6 Å². The van der Waals surface area contributed by atoms with Crippen LogP contribution in [-0.2, 0) is 12.7 Å². The average molecular weight is 514 g/mol. The number of halogens is 4. The molecule has 0 N–H and O–H groups in total. The van der Waals surface area contributed by atoms with Crippen molar-refractivity contribution in [1.82, 2.24) is 14.8 Å². The summed E-state index contributed by atoms with van der Waals surface area (Å²) in [7, 11) is 0. The van der Waals surface area contributed by atoms with E-state index in [0.29, 0.717) is 43.9 Å². The SMILES string of the molecule is CC(C)CN(C[C@H]1CN(Cc2cccnc2)C[C@@H]1c1cccc(C(F)(F)F)c1)C(=O)c1ccc(F)cc1. The smallest absolute Gasteiger partial charge is 0.338 e. The minimum Gasteiger partial charge on any atom is -0.338 e. The molecule has 0 unspecified atom stereocenters. The fourth-order valence-corrected chi connectivity index (χ4v) is 5.09. The summed E-state index contributed by atoms with van der Waals surface area (Å²) in [5.74, 6) is -0.706. The Morgan fingerprint density at radius 2 is 1.84 bits per heavy atom. The fourth-order valence-electron chi connectivity index (χ4n) is 5.09. The molecule has 1 aliphatic rings. The molecule has 2 aromatic carbocycles. The number of aromatic nitrogens is 1. The van der Waals surface area contributed by atoms with Crippen molar-refractivity contribution in [3.05, 3.63) is 101 Å². The summed E-state index contributed by atoms with van der Waals surface area (Å²) in [6.07, 6.45) is -0.940. The number of nitrogens with zero attached hydrogens (tertiary/aromatic N) is 3. The average Bonchev–Trinajstić information content (AvgIpc) is 3.25. The van der Waals surface area contributed by atoms with E-state index in [2.05, 4.69) is 9.88 Å². The third-order valence-corrected chi connectivity index (χ3v) is 6.71. The van der Waals surface area contributed by atoms with Crippen molar-refractivity contribution in [2.24, 2.45) is 11.8 Å². The highest BCUT2D eigenvalue weighted by Crippen LogP contribution is 2.37. The highest BCUT2D eigenvalue weighted by Gasteiger charge is 2.38. The van der Waals surface area contributed by atoms with Gasteiger partial charge in [0, 0.05) is 56.6 Å². The number of hydrogen-bond donors (Lipinski definition) is 0. The van der Waals surface area contributed by atoms with E-state index in [1.807, 2.05) is 26.0 Å². The Labute approximate surface area is 214 Å². The summed E-state index contributed by atoms with van der Waals surface area (Å²) in [6.45, 7) is 6.72. The third kappa shape index (κ3) is 6.95. The number of carbonyl (C=O) groups is 1. The Morgan fingerprint density at radius 1 is 1.08 bits per heavy atom. The highest BCUT2D eigenvalue weighted by molar-refractivity contribution is 5.94. The Balaban J connectivity index is 1.63. The minimum atomic E-state index is -4.43. The zero-order valence-corrected chi connectivity index (χ0v) is 21.0. The number of amides is 1. The number of alkyl halides is 3. The van der Waals surface area contributed by atoms with Crippen molar-refractivity contribution < 1.29 is 22.4 Å². The summed E-state index contributed by atoms with van der Waals surface area (Å²) >= 11 is 0. The van der Waals surface area contributed by atoms with Crippen LogP contribution in [0.25, 0.3) is 0 Å². The van der Waals surface area contributed by atoms with Gasteiger partial charge in [0.1, 0.15) is 5.82 Å². The standard InChI is InChI=1S/C29H31F4N3O/c1-20(2)15-36(28(37)22-8-10-26(30)11-9-22)18-24-17-35(16-21-5-4-12-34-14-21)19-27(24)23-6-3-7-25(13-23)29(31,32)33/h3-14,20,24,27H,15-19H2,1-2H3/t24-,27-/m1/s1. The van der Waals surface area contributed by atoms with Gasteiger partial charge in [-0.15, -0.1) is 0 Å². The Kier molecular flexibility index (Phi) is 8.27. The first kappa shape index (κ1) is 26.8. The van der Waals surface area contributed by atoms with Crippen LogP contribution in [-0.4, -0.2) is 46.9 Å². The number of benzene rings is 2. The summed E-state index contributed by atoms with van der Waals surface area (Å²) < 4.78 is 53.9. The number of likely N-dealkylation sites (tertiary alicyclic amines) is 1. The molecule has 0 spiro atoms. The van der Waals surface area contributed by atoms with E-state index in [9.17, 15) is 22.4 Å². The van der Waals surface area contributed by atoms with Crippen molar-refractivity contribution in [3.63, 3.8) is 0 Å². The fraction of sp³-hybridized carbons (Fsp3) is 0.379. The lowest BCUT2D eigenvalue weighted by molar-refractivity contribution is -0.137. The predicted molar refractivity (Wildman–Crippen MR) is 134 cm³/mol. The summed E-state index contributed by atoms with van der Waals surface area (Å²) in [6, 6.07) is 14.8. The van der Waals surface area contributed by atoms with Crippen LogP contribution in [0.15, 0.2) is 73.1 Å². The zero-order valence-electron chi connectivity index (χ0n) is 21.0. The second-order valence-corrected chi connectivity index (χ2v) is 10.2. The predicted octanol–water partition coefficient (Wildman–Crippen LogP) is 6.25. The van der Waals surface area contributed by atoms with Crippen LogP contribution in [0.5, 0.6) is 0 Å². The first-order chi connectivity index (χ1) is 17.6. The molecule has 2 heterocycles. The molecular formula is C29H31F4N3O. The second kappa shape index (κ2) is 11.4. The molecule has 196 valence electrons.